The SMILES string of the molecule is CN(N)C(=S)Nc1ccccc1Br. The molecule has 70 valence electrons. The molecule has 0 aliphatic rings. The second kappa shape index (κ2) is 4.55. The fraction of sp³-hybridized carbons (Fsp3) is 0.125. The quantitative estimate of drug-likeness (QED) is 0.460. The van der Waals surface area contributed by atoms with Crippen LogP contribution in [-0.2, 0) is 0 Å². The van der Waals surface area contributed by atoms with E-state index >= 15 is 0 Å². The molecule has 0 bridgehead atoms. The lowest BCUT2D eigenvalue weighted by molar-refractivity contribution is 0.548. The summed E-state index contributed by atoms with van der Waals surface area (Å²) >= 11 is 8.38. The van der Waals surface area contributed by atoms with Crippen molar-refractivity contribution in [1.82, 2.24) is 5.01 Å². The lowest BCUT2D eigenvalue weighted by atomic mass is 10.3. The van der Waals surface area contributed by atoms with Crippen molar-refractivity contribution in [2.75, 3.05) is 12.4 Å². The minimum Gasteiger partial charge on any atom is -0.331 e. The summed E-state index contributed by atoms with van der Waals surface area (Å²) in [6.45, 7) is 0. The monoisotopic (exact) mass is 259 g/mol. The van der Waals surface area contributed by atoms with Crippen molar-refractivity contribution < 1.29 is 0 Å². The highest BCUT2D eigenvalue weighted by molar-refractivity contribution is 9.10. The molecule has 0 fully saturated rings. The average molecular weight is 260 g/mol. The van der Waals surface area contributed by atoms with Crippen molar-refractivity contribution in [3.8, 4) is 0 Å². The summed E-state index contributed by atoms with van der Waals surface area (Å²) in [7, 11) is 1.69. The van der Waals surface area contributed by atoms with Gasteiger partial charge in [-0.25, -0.2) is 5.84 Å². The number of hydrogen-bond donors (Lipinski definition) is 2. The molecule has 0 spiro atoms. The molecule has 0 heterocycles. The Morgan fingerprint density at radius 3 is 2.69 bits per heavy atom. The molecular formula is C8H10BrN3S. The van der Waals surface area contributed by atoms with Crippen LogP contribution in [0.1, 0.15) is 0 Å². The Balaban J connectivity index is 2.75. The standard InChI is InChI=1S/C8H10BrN3S/c1-12(10)8(13)11-7-5-3-2-4-6(7)9/h2-5H,10H2,1H3,(H,11,13). The van der Waals surface area contributed by atoms with Gasteiger partial charge in [0.25, 0.3) is 0 Å². The minimum atomic E-state index is 0.479. The fourth-order valence-corrected chi connectivity index (χ4v) is 1.26. The zero-order valence-electron chi connectivity index (χ0n) is 7.12. The molecule has 0 aliphatic carbocycles. The number of benzene rings is 1. The molecule has 1 rings (SSSR count). The lowest BCUT2D eigenvalue weighted by Crippen LogP contribution is -2.36. The molecule has 13 heavy (non-hydrogen) atoms. The molecule has 0 aliphatic heterocycles. The Labute approximate surface area is 91.0 Å². The first-order chi connectivity index (χ1) is 6.11. The van der Waals surface area contributed by atoms with E-state index in [-0.39, 0.29) is 0 Å². The van der Waals surface area contributed by atoms with E-state index in [0.717, 1.165) is 10.2 Å². The molecule has 5 heteroatoms. The maximum Gasteiger partial charge on any atom is 0.187 e. The molecule has 0 aromatic heterocycles. The third-order valence-corrected chi connectivity index (χ3v) is 2.52. The van der Waals surface area contributed by atoms with Crippen LogP contribution in [-0.4, -0.2) is 17.2 Å². The number of hydrazine groups is 1. The van der Waals surface area contributed by atoms with Gasteiger partial charge in [-0.15, -0.1) is 0 Å². The highest BCUT2D eigenvalue weighted by atomic mass is 79.9. The molecule has 3 nitrogen and oxygen atoms in total. The number of hydrogen-bond acceptors (Lipinski definition) is 2. The number of halogens is 1. The Hall–Kier alpha value is -0.650. The van der Waals surface area contributed by atoms with Crippen molar-refractivity contribution >= 4 is 38.9 Å². The van der Waals surface area contributed by atoms with Crippen LogP contribution in [0.5, 0.6) is 0 Å². The summed E-state index contributed by atoms with van der Waals surface area (Å²) < 4.78 is 0.958. The van der Waals surface area contributed by atoms with Gasteiger partial charge in [-0.2, -0.15) is 0 Å². The minimum absolute atomic E-state index is 0.479. The predicted octanol–water partition coefficient (Wildman–Crippen LogP) is 1.95. The number of nitrogens with zero attached hydrogens (tertiary/aromatic N) is 1. The maximum absolute atomic E-state index is 5.45. The van der Waals surface area contributed by atoms with E-state index in [0.29, 0.717) is 5.11 Å². The van der Waals surface area contributed by atoms with Gasteiger partial charge in [0.1, 0.15) is 0 Å². The fourth-order valence-electron chi connectivity index (χ4n) is 0.766. The van der Waals surface area contributed by atoms with Crippen molar-refractivity contribution in [3.63, 3.8) is 0 Å². The van der Waals surface area contributed by atoms with E-state index in [1.807, 2.05) is 24.3 Å². The summed E-state index contributed by atoms with van der Waals surface area (Å²) in [6, 6.07) is 7.71. The highest BCUT2D eigenvalue weighted by Gasteiger charge is 2.02. The number of thiocarbonyl (C=S) groups is 1. The van der Waals surface area contributed by atoms with Crippen molar-refractivity contribution in [1.29, 1.82) is 0 Å². The van der Waals surface area contributed by atoms with Crippen LogP contribution in [0, 0.1) is 0 Å². The summed E-state index contributed by atoms with van der Waals surface area (Å²) in [5, 5.41) is 4.83. The highest BCUT2D eigenvalue weighted by Crippen LogP contribution is 2.21. The van der Waals surface area contributed by atoms with Gasteiger partial charge in [0, 0.05) is 11.5 Å². The Kier molecular flexibility index (Phi) is 3.65. The molecule has 0 unspecified atom stereocenters. The molecule has 0 atom stereocenters. The summed E-state index contributed by atoms with van der Waals surface area (Å²) in [6.07, 6.45) is 0. The van der Waals surface area contributed by atoms with Crippen molar-refractivity contribution in [2.45, 2.75) is 0 Å². The van der Waals surface area contributed by atoms with Gasteiger partial charge in [-0.3, -0.25) is 5.01 Å². The van der Waals surface area contributed by atoms with Crippen LogP contribution in [0.2, 0.25) is 0 Å². The van der Waals surface area contributed by atoms with Crippen LogP contribution in [0.4, 0.5) is 5.69 Å². The molecule has 3 N–H and O–H groups in total. The number of nitrogens with two attached hydrogens (primary N) is 1. The van der Waals surface area contributed by atoms with Crippen LogP contribution >= 0.6 is 28.1 Å². The van der Waals surface area contributed by atoms with E-state index < -0.39 is 0 Å². The van der Waals surface area contributed by atoms with Gasteiger partial charge in [-0.05, 0) is 40.3 Å². The second-order valence-electron chi connectivity index (χ2n) is 2.52. The van der Waals surface area contributed by atoms with E-state index in [9.17, 15) is 0 Å². The first-order valence-electron chi connectivity index (χ1n) is 3.65. The Morgan fingerprint density at radius 1 is 1.54 bits per heavy atom. The summed E-state index contributed by atoms with van der Waals surface area (Å²) in [5.41, 5.74) is 0.907. The molecule has 1 aromatic rings. The van der Waals surface area contributed by atoms with Crippen molar-refractivity contribution in [3.05, 3.63) is 28.7 Å². The molecule has 0 saturated carbocycles. The lowest BCUT2D eigenvalue weighted by Gasteiger charge is -2.15. The predicted molar refractivity (Wildman–Crippen MR) is 62.3 cm³/mol. The van der Waals surface area contributed by atoms with Crippen LogP contribution < -0.4 is 11.2 Å². The molecule has 1 aromatic carbocycles. The first kappa shape index (κ1) is 10.4. The van der Waals surface area contributed by atoms with Gasteiger partial charge < -0.3 is 5.32 Å². The second-order valence-corrected chi connectivity index (χ2v) is 3.76. The van der Waals surface area contributed by atoms with Gasteiger partial charge in [-0.1, -0.05) is 12.1 Å². The third-order valence-electron chi connectivity index (χ3n) is 1.44. The van der Waals surface area contributed by atoms with E-state index in [1.165, 1.54) is 5.01 Å². The first-order valence-corrected chi connectivity index (χ1v) is 4.85. The number of rotatable bonds is 1. The molecular weight excluding hydrogens is 250 g/mol. The third kappa shape index (κ3) is 2.95. The smallest absolute Gasteiger partial charge is 0.187 e. The van der Waals surface area contributed by atoms with E-state index in [2.05, 4.69) is 21.2 Å². The van der Waals surface area contributed by atoms with E-state index in [4.69, 9.17) is 18.1 Å². The Bertz CT molecular complexity index is 314. The molecule has 0 radical (unpaired) electrons. The van der Waals surface area contributed by atoms with Gasteiger partial charge in [0.15, 0.2) is 5.11 Å². The normalized spacial score (nSPS) is 9.46. The molecule has 0 saturated heterocycles. The average Bonchev–Trinajstić information content (AvgIpc) is 2.08. The number of anilines is 1. The zero-order valence-corrected chi connectivity index (χ0v) is 9.52. The summed E-state index contributed by atoms with van der Waals surface area (Å²) in [5.74, 6) is 5.45. The topological polar surface area (TPSA) is 41.3 Å². The number of para-hydroxylation sites is 1. The van der Waals surface area contributed by atoms with Crippen molar-refractivity contribution in [2.24, 2.45) is 5.84 Å². The van der Waals surface area contributed by atoms with Crippen LogP contribution in [0.3, 0.4) is 0 Å². The largest absolute Gasteiger partial charge is 0.331 e. The van der Waals surface area contributed by atoms with E-state index in [1.54, 1.807) is 7.05 Å². The van der Waals surface area contributed by atoms with Gasteiger partial charge >= 0.3 is 0 Å². The van der Waals surface area contributed by atoms with Crippen LogP contribution in [0.25, 0.3) is 0 Å². The zero-order chi connectivity index (χ0) is 9.84. The summed E-state index contributed by atoms with van der Waals surface area (Å²) in [4.78, 5) is 0. The molecule has 0 amide bonds. The number of nitrogens with one attached hydrogen (secondary N) is 1. The maximum atomic E-state index is 5.45. The Morgan fingerprint density at radius 2 is 2.15 bits per heavy atom. The van der Waals surface area contributed by atoms with Crippen LogP contribution in [0.15, 0.2) is 28.7 Å². The van der Waals surface area contributed by atoms with Gasteiger partial charge in [0.2, 0.25) is 0 Å². The van der Waals surface area contributed by atoms with Gasteiger partial charge in [0.05, 0.1) is 5.69 Å².